The fourth-order valence-corrected chi connectivity index (χ4v) is 17.2. The number of esters is 1. The summed E-state index contributed by atoms with van der Waals surface area (Å²) in [6.07, 6.45) is -3.18. The van der Waals surface area contributed by atoms with Gasteiger partial charge < -0.3 is 89.2 Å². The molecule has 0 spiro atoms. The summed E-state index contributed by atoms with van der Waals surface area (Å²) >= 11 is 4.42. The summed E-state index contributed by atoms with van der Waals surface area (Å²) < 4.78 is 6.26. The number of primary amides is 1. The van der Waals surface area contributed by atoms with Crippen molar-refractivity contribution in [2.75, 3.05) is 5.75 Å². The molecule has 606 valence electrons. The Morgan fingerprint density at radius 1 is 0.763 bits per heavy atom. The van der Waals surface area contributed by atoms with E-state index in [0.717, 1.165) is 57.1 Å². The number of nitrogens with two attached hydrogens (primary N) is 1. The molecule has 5 aliphatic rings. The van der Waals surface area contributed by atoms with Crippen LogP contribution in [0.5, 0.6) is 0 Å². The lowest BCUT2D eigenvalue weighted by atomic mass is 9.80. The monoisotopic (exact) mass is 1660 g/mol. The molecule has 1 aliphatic carbocycles. The van der Waals surface area contributed by atoms with Gasteiger partial charge in [-0.25, -0.2) is 29.7 Å². The number of thioether (sulfide) groups is 1. The number of thiazole rings is 4. The molecule has 0 radical (unpaired) electrons. The quantitative estimate of drug-likeness (QED) is 0.0606. The van der Waals surface area contributed by atoms with E-state index >= 15 is 14.4 Å². The number of ether oxygens (including phenoxy) is 1. The molecule has 10 rings (SSSR count). The lowest BCUT2D eigenvalue weighted by Crippen LogP contribution is -2.57. The summed E-state index contributed by atoms with van der Waals surface area (Å²) in [5.41, 5.74) is -1.79. The summed E-state index contributed by atoms with van der Waals surface area (Å²) in [7, 11) is 0. The molecule has 13 bridgehead atoms. The van der Waals surface area contributed by atoms with Gasteiger partial charge in [0.2, 0.25) is 29.5 Å². The maximum Gasteiger partial charge on any atom is 0.357 e. The summed E-state index contributed by atoms with van der Waals surface area (Å²) in [4.78, 5) is 204. The number of rotatable bonds is 12. The van der Waals surface area contributed by atoms with E-state index in [-0.39, 0.29) is 94.7 Å². The molecule has 0 saturated carbocycles. The van der Waals surface area contributed by atoms with E-state index in [9.17, 15) is 68.7 Å². The third kappa shape index (κ3) is 18.6. The largest absolute Gasteiger partial charge is 0.455 e. The molecule has 9 heterocycles. The van der Waals surface area contributed by atoms with Crippen molar-refractivity contribution < 1.29 is 87.8 Å². The summed E-state index contributed by atoms with van der Waals surface area (Å²) in [5, 5.41) is 92.2. The Morgan fingerprint density at radius 3 is 2.12 bits per heavy atom. The number of nitrogens with zero attached hydrogens (tertiary/aromatic N) is 7. The zero-order chi connectivity index (χ0) is 83.4. The number of carbonyl (C=O) groups is 12. The van der Waals surface area contributed by atoms with Gasteiger partial charge in [-0.3, -0.25) is 68.0 Å². The number of pyridine rings is 1. The van der Waals surface area contributed by atoms with Crippen LogP contribution in [-0.4, -0.2) is 198 Å². The van der Waals surface area contributed by atoms with Crippen LogP contribution in [0.1, 0.15) is 203 Å². The number of allylic oxidation sites excluding steroid dienone is 1. The first-order valence-corrected chi connectivity index (χ1v) is 40.1. The molecule has 18 N–H and O–H groups in total. The Bertz CT molecular complexity index is 4880. The predicted octanol–water partition coefficient (Wildman–Crippen LogP) is 0.774. The van der Waals surface area contributed by atoms with Gasteiger partial charge in [0.25, 0.3) is 35.4 Å². The molecule has 114 heavy (non-hydrogen) atoms. The van der Waals surface area contributed by atoms with Gasteiger partial charge in [0.05, 0.1) is 70.3 Å². The average molecular weight is 1660 g/mol. The molecule has 3 unspecified atom stereocenters. The number of hydrogen-bond donors (Lipinski definition) is 17. The van der Waals surface area contributed by atoms with Gasteiger partial charge in [-0.2, -0.15) is 0 Å². The van der Waals surface area contributed by atoms with Crippen LogP contribution in [0.4, 0.5) is 0 Å². The van der Waals surface area contributed by atoms with Crippen LogP contribution >= 0.6 is 57.1 Å². The standard InChI is InChI=1S/C72H85N19O18S5/c1-14-26(3)47-63(105)78-30(7)57(99)75-28(5)56(98)76-31(8)58(100)91-72-19-18-40(66-85-43(22-111-66)59(101)77-29(6)55(97)74-27(4)54(73)96)81-52(72)42-21-112-67(83-42)49(34(11)109-69(107)41-20-37(32(9)92)36-16-17-39(79-47)51(95)50(36)80-41)89-60(102)44-24-113-68(86-44)53(71(13,108)35(12)94)90-62(104)45-23-110-65(84-45)38(15-2)82-64(106)48(33(10)93)88-61(103)46-25-114-70(72)87-46/h15-17,20-22,24-26,30-35,39,45,47-49,51-53,79,92-95,108H,4-6,14,18-19,23H2,1-3,7-13H3,(H2,73,96)(H,74,97)(H,75,99)(H,76,98)(H,77,101)(H,78,105)(H,82,106)(H,88,103)(H,89,102)(H,90,104)(H,91,100)/b38-15+/t26?,30-,31-,32-,33+,34+,35+,39-,45+,47+,48-,49-,51-,52?,53+,71?,72+/m0/s1. The van der Waals surface area contributed by atoms with E-state index in [2.05, 4.69) is 98.2 Å². The summed E-state index contributed by atoms with van der Waals surface area (Å²) in [5.74, 6) is -12.2. The van der Waals surface area contributed by atoms with Crippen LogP contribution in [0.25, 0.3) is 6.08 Å². The molecule has 0 aromatic carbocycles. The maximum absolute atomic E-state index is 15.4. The van der Waals surface area contributed by atoms with E-state index < -0.39 is 196 Å². The van der Waals surface area contributed by atoms with Crippen LogP contribution in [0.2, 0.25) is 0 Å². The van der Waals surface area contributed by atoms with Crippen LogP contribution < -0.4 is 64.2 Å². The molecule has 42 heteroatoms. The number of aliphatic imine (C=N–C) groups is 2. The van der Waals surface area contributed by atoms with Gasteiger partial charge in [0.1, 0.15) is 113 Å². The van der Waals surface area contributed by atoms with Crippen molar-refractivity contribution >= 4 is 145 Å². The normalized spacial score (nSPS) is 26.9. The molecule has 11 amide bonds. The molecule has 5 aromatic rings. The van der Waals surface area contributed by atoms with Gasteiger partial charge in [0, 0.05) is 32.8 Å². The minimum atomic E-state index is -2.21. The highest BCUT2D eigenvalue weighted by atomic mass is 32.2. The highest BCUT2D eigenvalue weighted by Gasteiger charge is 2.51. The average Bonchev–Trinajstić information content (AvgIpc) is 1.50. The third-order valence-electron chi connectivity index (χ3n) is 19.5. The summed E-state index contributed by atoms with van der Waals surface area (Å²) in [6.45, 7) is 24.9. The Morgan fingerprint density at radius 2 is 1.45 bits per heavy atom. The Labute approximate surface area is 671 Å². The van der Waals surface area contributed by atoms with Crippen molar-refractivity contribution in [1.82, 2.24) is 83.4 Å². The number of nitrogens with one attached hydrogen (secondary N) is 11. The molecule has 0 fully saturated rings. The molecule has 17 atom stereocenters. The number of aliphatic hydroxyl groups excluding tert-OH is 4. The smallest absolute Gasteiger partial charge is 0.357 e. The highest BCUT2D eigenvalue weighted by molar-refractivity contribution is 8.14. The first kappa shape index (κ1) is 85.9. The SMILES string of the molecule is C=C(NC(=O)C(=C)NC(=O)c1csc(C2=NC3c4csc(n4)[C@H]4NC(=O)c5csc(n5)[C@H](C(C)(O)[C@@H](C)O)NC(=O)[C@H]5CSC(=N5)/C(=C\C)NC(=O)[C@H]([C@@H](C)O)NC(=O)c5csc(n5)[C@]3(CC2)NC(=O)[C@H](C)NC(=O)C(=C)NC(=O)[C@H](C)NC(=O)[C@@H](C(C)CC)N[C@H]2C=Cc3c([C@H](C)O)cc(nc3[C@H]2O)C(=O)O[C@@H]4C)n1)C(N)=O. The molecule has 0 saturated heterocycles. The van der Waals surface area contributed by atoms with Gasteiger partial charge in [-0.05, 0) is 85.8 Å². The Balaban J connectivity index is 1.18. The number of aliphatic hydroxyl groups is 5. The first-order valence-electron chi connectivity index (χ1n) is 35.6. The molecule has 37 nitrogen and oxygen atoms in total. The number of hydrogen-bond acceptors (Lipinski definition) is 31. The fraction of sp³-hybridized carbons (Fsp3) is 0.431. The second-order valence-electron chi connectivity index (χ2n) is 27.8. The van der Waals surface area contributed by atoms with Crippen molar-refractivity contribution in [1.29, 1.82) is 0 Å². The van der Waals surface area contributed by atoms with Crippen molar-refractivity contribution in [3.63, 3.8) is 0 Å². The number of cyclic esters (lactones) is 1. The number of aromatic nitrogens is 5. The molecule has 4 aliphatic heterocycles. The maximum atomic E-state index is 15.4. The Hall–Kier alpha value is -10.5. The van der Waals surface area contributed by atoms with Crippen LogP contribution in [0.3, 0.4) is 0 Å². The van der Waals surface area contributed by atoms with E-state index in [4.69, 9.17) is 25.4 Å². The number of carbonyl (C=O) groups excluding carboxylic acids is 12. The fourth-order valence-electron chi connectivity index (χ4n) is 12.3. The topological polar surface area (TPSA) is 563 Å². The minimum absolute atomic E-state index is 0.0158. The van der Waals surface area contributed by atoms with Gasteiger partial charge in [0.15, 0.2) is 0 Å². The van der Waals surface area contributed by atoms with E-state index in [1.807, 2.05) is 0 Å². The van der Waals surface area contributed by atoms with Crippen molar-refractivity contribution in [2.45, 2.75) is 185 Å². The van der Waals surface area contributed by atoms with Gasteiger partial charge >= 0.3 is 5.97 Å². The second kappa shape index (κ2) is 35.5. The molecule has 5 aromatic heterocycles. The van der Waals surface area contributed by atoms with E-state index in [0.29, 0.717) is 6.42 Å². The zero-order valence-corrected chi connectivity index (χ0v) is 67.1. The number of amides is 11. The second-order valence-corrected chi connectivity index (χ2v) is 32.3. The predicted molar refractivity (Wildman–Crippen MR) is 418 cm³/mol. The van der Waals surface area contributed by atoms with Gasteiger partial charge in [-0.15, -0.1) is 57.1 Å². The van der Waals surface area contributed by atoms with Crippen molar-refractivity contribution in [2.24, 2.45) is 21.6 Å². The third-order valence-corrected chi connectivity index (χ3v) is 24.3. The minimum Gasteiger partial charge on any atom is -0.455 e. The van der Waals surface area contributed by atoms with Crippen molar-refractivity contribution in [3.05, 3.63) is 148 Å². The van der Waals surface area contributed by atoms with Crippen LogP contribution in [0.15, 0.2) is 92.2 Å². The molecular weight excluding hydrogens is 1580 g/mol. The van der Waals surface area contributed by atoms with Crippen LogP contribution in [-0.2, 0) is 48.6 Å². The van der Waals surface area contributed by atoms with E-state index in [1.54, 1.807) is 26.8 Å². The number of fused-ring (bicyclic) bond motifs is 7. The van der Waals surface area contributed by atoms with Gasteiger partial charge in [-0.1, -0.05) is 58.2 Å². The zero-order valence-electron chi connectivity index (χ0n) is 63.0. The van der Waals surface area contributed by atoms with Crippen LogP contribution in [0, 0.1) is 5.92 Å². The first-order chi connectivity index (χ1) is 53.7. The van der Waals surface area contributed by atoms with E-state index in [1.165, 1.54) is 88.2 Å². The lowest BCUT2D eigenvalue weighted by Gasteiger charge is -2.41. The highest BCUT2D eigenvalue weighted by Crippen LogP contribution is 2.48. The lowest BCUT2D eigenvalue weighted by molar-refractivity contribution is -0.131. The Kier molecular flexibility index (Phi) is 26.7. The molecular formula is C72H85N19O18S5. The van der Waals surface area contributed by atoms with Crippen molar-refractivity contribution in [3.8, 4) is 0 Å². The summed E-state index contributed by atoms with van der Waals surface area (Å²) in [6, 6.07) is -11.6.